The minimum absolute atomic E-state index is 0.316. The maximum absolute atomic E-state index is 12.4. The summed E-state index contributed by atoms with van der Waals surface area (Å²) in [5.74, 6) is -0.0664. The van der Waals surface area contributed by atoms with Crippen molar-refractivity contribution in [1.82, 2.24) is 9.78 Å². The lowest BCUT2D eigenvalue weighted by Gasteiger charge is -2.09. The Bertz CT molecular complexity index is 1120. The molecule has 160 valence electrons. The van der Waals surface area contributed by atoms with Gasteiger partial charge < -0.3 is 14.2 Å². The zero-order chi connectivity index (χ0) is 22.4. The molecule has 0 saturated heterocycles. The average Bonchev–Trinajstić information content (AvgIpc) is 3.09. The molecule has 0 N–H and O–H groups in total. The number of ether oxygens (including phenoxy) is 3. The number of hydrogen-bond donors (Lipinski definition) is 0. The maximum Gasteiger partial charge on any atom is 0.331 e. The minimum Gasteiger partial charge on any atom is -0.497 e. The summed E-state index contributed by atoms with van der Waals surface area (Å²) in [4.78, 5) is 24.6. The number of benzene rings is 2. The fraction of sp³-hybridized carbons (Fsp3) is 0.208. The molecule has 1 aromatic heterocycles. The van der Waals surface area contributed by atoms with Gasteiger partial charge in [-0.3, -0.25) is 4.79 Å². The van der Waals surface area contributed by atoms with Gasteiger partial charge >= 0.3 is 5.97 Å². The van der Waals surface area contributed by atoms with Gasteiger partial charge in [-0.25, -0.2) is 9.48 Å². The van der Waals surface area contributed by atoms with Crippen LogP contribution in [0.5, 0.6) is 11.5 Å². The van der Waals surface area contributed by atoms with Crippen LogP contribution in [0.2, 0.25) is 0 Å². The number of rotatable bonds is 8. The number of aromatic nitrogens is 2. The molecule has 3 aromatic rings. The van der Waals surface area contributed by atoms with Gasteiger partial charge in [-0.1, -0.05) is 18.2 Å². The number of para-hydroxylation sites is 1. The van der Waals surface area contributed by atoms with E-state index in [4.69, 9.17) is 14.2 Å². The first-order valence-electron chi connectivity index (χ1n) is 9.66. The number of hydrogen-bond acceptors (Lipinski definition) is 6. The SMILES string of the molecule is COc1ccc(C(=O)COC(=O)/C=C/c2c(C)nn(-c3ccccc3)c2C)c(OC)c1. The molecular formula is C24H24N2O5. The number of aryl methyl sites for hydroxylation is 1. The molecule has 0 radical (unpaired) electrons. The van der Waals surface area contributed by atoms with Crippen molar-refractivity contribution in [3.05, 3.63) is 77.1 Å². The van der Waals surface area contributed by atoms with Crippen LogP contribution in [0, 0.1) is 13.8 Å². The zero-order valence-corrected chi connectivity index (χ0v) is 17.9. The maximum atomic E-state index is 12.4. The van der Waals surface area contributed by atoms with E-state index in [9.17, 15) is 9.59 Å². The summed E-state index contributed by atoms with van der Waals surface area (Å²) in [6.07, 6.45) is 2.95. The second-order valence-corrected chi connectivity index (χ2v) is 6.76. The van der Waals surface area contributed by atoms with E-state index in [1.165, 1.54) is 20.3 Å². The highest BCUT2D eigenvalue weighted by Crippen LogP contribution is 2.25. The molecule has 0 atom stereocenters. The third kappa shape index (κ3) is 5.01. The quantitative estimate of drug-likeness (QED) is 0.312. The highest BCUT2D eigenvalue weighted by molar-refractivity contribution is 6.01. The second kappa shape index (κ2) is 9.75. The Morgan fingerprint density at radius 2 is 1.77 bits per heavy atom. The summed E-state index contributed by atoms with van der Waals surface area (Å²) in [6.45, 7) is 3.40. The van der Waals surface area contributed by atoms with Crippen molar-refractivity contribution in [3.63, 3.8) is 0 Å². The monoisotopic (exact) mass is 420 g/mol. The molecule has 1 heterocycles. The van der Waals surface area contributed by atoms with Gasteiger partial charge in [0.25, 0.3) is 0 Å². The Morgan fingerprint density at radius 1 is 1.03 bits per heavy atom. The smallest absolute Gasteiger partial charge is 0.331 e. The van der Waals surface area contributed by atoms with Crippen molar-refractivity contribution >= 4 is 17.8 Å². The Labute approximate surface area is 180 Å². The number of ketones is 1. The molecule has 0 unspecified atom stereocenters. The molecule has 7 heteroatoms. The van der Waals surface area contributed by atoms with Gasteiger partial charge in [0.05, 0.1) is 31.2 Å². The number of carbonyl (C=O) groups excluding carboxylic acids is 2. The lowest BCUT2D eigenvalue weighted by molar-refractivity contribution is -0.136. The van der Waals surface area contributed by atoms with Gasteiger partial charge in [0.15, 0.2) is 6.61 Å². The molecule has 0 fully saturated rings. The van der Waals surface area contributed by atoms with E-state index in [1.54, 1.807) is 24.3 Å². The molecule has 0 bridgehead atoms. The first-order valence-corrected chi connectivity index (χ1v) is 9.66. The van der Waals surface area contributed by atoms with E-state index in [-0.39, 0.29) is 5.78 Å². The number of Topliss-reactive ketones (excluding diaryl/α,β-unsaturated/α-hetero) is 1. The predicted octanol–water partition coefficient (Wildman–Crippen LogP) is 3.95. The second-order valence-electron chi connectivity index (χ2n) is 6.76. The van der Waals surface area contributed by atoms with Crippen molar-refractivity contribution in [3.8, 4) is 17.2 Å². The van der Waals surface area contributed by atoms with Gasteiger partial charge in [0.1, 0.15) is 11.5 Å². The van der Waals surface area contributed by atoms with Crippen LogP contribution in [0.4, 0.5) is 0 Å². The lowest BCUT2D eigenvalue weighted by Crippen LogP contribution is -2.13. The highest BCUT2D eigenvalue weighted by atomic mass is 16.5. The van der Waals surface area contributed by atoms with Crippen molar-refractivity contribution in [1.29, 1.82) is 0 Å². The standard InChI is InChI=1S/C24H24N2O5/c1-16-20(17(2)26(25-16)18-8-6-5-7-9-18)12-13-24(28)31-15-22(27)21-11-10-19(29-3)14-23(21)30-4/h5-14H,15H2,1-4H3/b13-12+. The third-order valence-electron chi connectivity index (χ3n) is 4.79. The summed E-state index contributed by atoms with van der Waals surface area (Å²) in [5, 5.41) is 4.54. The first-order chi connectivity index (χ1) is 14.9. The van der Waals surface area contributed by atoms with Crippen LogP contribution in [0.15, 0.2) is 54.6 Å². The van der Waals surface area contributed by atoms with E-state index in [0.717, 1.165) is 22.6 Å². The van der Waals surface area contributed by atoms with Crippen LogP contribution in [0.3, 0.4) is 0 Å². The molecular weight excluding hydrogens is 396 g/mol. The molecule has 0 aliphatic heterocycles. The number of esters is 1. The third-order valence-corrected chi connectivity index (χ3v) is 4.79. The van der Waals surface area contributed by atoms with Crippen LogP contribution in [-0.4, -0.2) is 42.4 Å². The van der Waals surface area contributed by atoms with Gasteiger partial charge in [-0.15, -0.1) is 0 Å². The summed E-state index contributed by atoms with van der Waals surface area (Å²) >= 11 is 0. The number of carbonyl (C=O) groups is 2. The van der Waals surface area contributed by atoms with E-state index in [0.29, 0.717) is 17.1 Å². The Morgan fingerprint density at radius 3 is 2.45 bits per heavy atom. The molecule has 7 nitrogen and oxygen atoms in total. The van der Waals surface area contributed by atoms with Crippen LogP contribution >= 0.6 is 0 Å². The molecule has 0 aliphatic rings. The highest BCUT2D eigenvalue weighted by Gasteiger charge is 2.15. The lowest BCUT2D eigenvalue weighted by atomic mass is 10.1. The van der Waals surface area contributed by atoms with Gasteiger partial charge in [0.2, 0.25) is 5.78 Å². The first kappa shape index (κ1) is 21.8. The molecule has 31 heavy (non-hydrogen) atoms. The van der Waals surface area contributed by atoms with Crippen LogP contribution < -0.4 is 9.47 Å². The predicted molar refractivity (Wildman–Crippen MR) is 117 cm³/mol. The topological polar surface area (TPSA) is 79.7 Å². The molecule has 0 spiro atoms. The summed E-state index contributed by atoms with van der Waals surface area (Å²) in [7, 11) is 2.98. The zero-order valence-electron chi connectivity index (χ0n) is 17.9. The fourth-order valence-corrected chi connectivity index (χ4v) is 3.16. The van der Waals surface area contributed by atoms with Crippen LogP contribution in [-0.2, 0) is 9.53 Å². The van der Waals surface area contributed by atoms with Crippen LogP contribution in [0.25, 0.3) is 11.8 Å². The number of methoxy groups -OCH3 is 2. The Hall–Kier alpha value is -3.87. The van der Waals surface area contributed by atoms with Gasteiger partial charge in [0, 0.05) is 23.4 Å². The normalized spacial score (nSPS) is 10.8. The molecule has 0 saturated carbocycles. The summed E-state index contributed by atoms with van der Waals surface area (Å²) in [5.41, 5.74) is 3.75. The minimum atomic E-state index is -0.618. The van der Waals surface area contributed by atoms with E-state index in [2.05, 4.69) is 5.10 Å². The van der Waals surface area contributed by atoms with Crippen molar-refractivity contribution in [2.24, 2.45) is 0 Å². The number of nitrogens with zero attached hydrogens (tertiary/aromatic N) is 2. The Balaban J connectivity index is 1.67. The van der Waals surface area contributed by atoms with Crippen molar-refractivity contribution < 1.29 is 23.8 Å². The van der Waals surface area contributed by atoms with Crippen LogP contribution in [0.1, 0.15) is 27.3 Å². The summed E-state index contributed by atoms with van der Waals surface area (Å²) in [6, 6.07) is 14.6. The van der Waals surface area contributed by atoms with Gasteiger partial charge in [-0.05, 0) is 44.2 Å². The fourth-order valence-electron chi connectivity index (χ4n) is 3.16. The molecule has 2 aromatic carbocycles. The Kier molecular flexibility index (Phi) is 6.87. The van der Waals surface area contributed by atoms with E-state index in [1.807, 2.05) is 48.9 Å². The summed E-state index contributed by atoms with van der Waals surface area (Å²) < 4.78 is 17.3. The molecule has 0 aliphatic carbocycles. The molecule has 3 rings (SSSR count). The van der Waals surface area contributed by atoms with Crippen molar-refractivity contribution in [2.75, 3.05) is 20.8 Å². The van der Waals surface area contributed by atoms with E-state index >= 15 is 0 Å². The largest absolute Gasteiger partial charge is 0.497 e. The van der Waals surface area contributed by atoms with Gasteiger partial charge in [-0.2, -0.15) is 5.10 Å². The van der Waals surface area contributed by atoms with Crippen molar-refractivity contribution in [2.45, 2.75) is 13.8 Å². The van der Waals surface area contributed by atoms with E-state index < -0.39 is 12.6 Å². The molecule has 0 amide bonds. The average molecular weight is 420 g/mol.